The van der Waals surface area contributed by atoms with Crippen LogP contribution in [0, 0.1) is 0 Å². The zero-order chi connectivity index (χ0) is 13.2. The number of rotatable bonds is 4. The second-order valence-electron chi connectivity index (χ2n) is 4.89. The van der Waals surface area contributed by atoms with E-state index >= 15 is 0 Å². The van der Waals surface area contributed by atoms with E-state index < -0.39 is 5.97 Å². The molecule has 2 aromatic rings. The van der Waals surface area contributed by atoms with Crippen molar-refractivity contribution in [3.8, 4) is 0 Å². The predicted molar refractivity (Wildman–Crippen MR) is 72.2 cm³/mol. The molecule has 1 heterocycles. The molecule has 0 aliphatic heterocycles. The highest BCUT2D eigenvalue weighted by atomic mass is 32.1. The Morgan fingerprint density at radius 2 is 2.00 bits per heavy atom. The summed E-state index contributed by atoms with van der Waals surface area (Å²) < 4.78 is 0. The fraction of sp³-hybridized carbons (Fsp3) is 0.286. The Hall–Kier alpha value is -1.68. The highest BCUT2D eigenvalue weighted by Crippen LogP contribution is 2.30. The summed E-state index contributed by atoms with van der Waals surface area (Å²) in [5.41, 5.74) is 1.21. The summed E-state index contributed by atoms with van der Waals surface area (Å²) in [6.07, 6.45) is 0.848. The number of carboxylic acids is 1. The lowest BCUT2D eigenvalue weighted by molar-refractivity contribution is 0.0691. The molecule has 4 heteroatoms. The van der Waals surface area contributed by atoms with Crippen molar-refractivity contribution in [3.63, 3.8) is 0 Å². The molecule has 2 rings (SSSR count). The van der Waals surface area contributed by atoms with Crippen LogP contribution in [-0.4, -0.2) is 16.1 Å². The molecule has 94 valence electrons. The lowest BCUT2D eigenvalue weighted by Gasteiger charge is -2.21. The fourth-order valence-corrected chi connectivity index (χ4v) is 2.78. The number of hydrogen-bond acceptors (Lipinski definition) is 3. The first kappa shape index (κ1) is 12.8. The molecular weight excluding hydrogens is 246 g/mol. The van der Waals surface area contributed by atoms with E-state index in [1.807, 2.05) is 18.2 Å². The van der Waals surface area contributed by atoms with Crippen molar-refractivity contribution in [2.45, 2.75) is 25.7 Å². The molecular formula is C14H15NO2S. The van der Waals surface area contributed by atoms with Crippen LogP contribution in [0.4, 0.5) is 0 Å². The van der Waals surface area contributed by atoms with Crippen LogP contribution in [0.25, 0.3) is 0 Å². The van der Waals surface area contributed by atoms with Crippen molar-refractivity contribution in [1.29, 1.82) is 0 Å². The first-order valence-electron chi connectivity index (χ1n) is 5.72. The van der Waals surface area contributed by atoms with E-state index in [2.05, 4.69) is 31.0 Å². The summed E-state index contributed by atoms with van der Waals surface area (Å²) in [5.74, 6) is -0.965. The second kappa shape index (κ2) is 4.90. The molecule has 0 spiro atoms. The minimum absolute atomic E-state index is 0.135. The quantitative estimate of drug-likeness (QED) is 0.918. The van der Waals surface area contributed by atoms with Gasteiger partial charge >= 0.3 is 5.97 Å². The van der Waals surface area contributed by atoms with Crippen molar-refractivity contribution in [1.82, 2.24) is 4.98 Å². The number of nitrogens with zero attached hydrogens (tertiary/aromatic N) is 1. The van der Waals surface area contributed by atoms with Gasteiger partial charge in [0.1, 0.15) is 0 Å². The number of aromatic nitrogens is 1. The van der Waals surface area contributed by atoms with Gasteiger partial charge in [-0.3, -0.25) is 0 Å². The third kappa shape index (κ3) is 2.76. The second-order valence-corrected chi connectivity index (χ2v) is 5.75. The zero-order valence-electron chi connectivity index (χ0n) is 10.4. The average molecular weight is 261 g/mol. The Bertz CT molecular complexity index is 546. The van der Waals surface area contributed by atoms with Crippen LogP contribution >= 0.6 is 11.3 Å². The summed E-state index contributed by atoms with van der Waals surface area (Å²) in [4.78, 5) is 15.0. The van der Waals surface area contributed by atoms with E-state index in [1.54, 1.807) is 5.38 Å². The molecule has 0 radical (unpaired) electrons. The number of hydrogen-bond donors (Lipinski definition) is 1. The Morgan fingerprint density at radius 1 is 1.33 bits per heavy atom. The van der Waals surface area contributed by atoms with E-state index in [-0.39, 0.29) is 11.1 Å². The fourth-order valence-electron chi connectivity index (χ4n) is 1.86. The Kier molecular flexibility index (Phi) is 3.48. The third-order valence-corrected chi connectivity index (χ3v) is 4.00. The van der Waals surface area contributed by atoms with Crippen LogP contribution in [-0.2, 0) is 11.8 Å². The normalized spacial score (nSPS) is 11.4. The molecule has 1 aromatic heterocycles. The first-order chi connectivity index (χ1) is 8.49. The maximum absolute atomic E-state index is 10.8. The summed E-state index contributed by atoms with van der Waals surface area (Å²) in [6.45, 7) is 4.18. The summed E-state index contributed by atoms with van der Waals surface area (Å²) in [5, 5.41) is 11.4. The summed E-state index contributed by atoms with van der Waals surface area (Å²) in [6, 6.07) is 10.2. The van der Waals surface area contributed by atoms with Gasteiger partial charge in [-0.05, 0) is 12.0 Å². The molecule has 0 amide bonds. The van der Waals surface area contributed by atoms with Crippen LogP contribution in [0.5, 0.6) is 0 Å². The van der Waals surface area contributed by atoms with Crippen LogP contribution in [0.1, 0.15) is 34.9 Å². The van der Waals surface area contributed by atoms with E-state index in [1.165, 1.54) is 16.9 Å². The zero-order valence-corrected chi connectivity index (χ0v) is 11.2. The van der Waals surface area contributed by atoms with Crippen molar-refractivity contribution in [2.75, 3.05) is 0 Å². The van der Waals surface area contributed by atoms with E-state index in [9.17, 15) is 4.79 Å². The van der Waals surface area contributed by atoms with E-state index in [4.69, 9.17) is 5.11 Å². The van der Waals surface area contributed by atoms with E-state index in [0.29, 0.717) is 0 Å². The Labute approximate surface area is 110 Å². The average Bonchev–Trinajstić information content (AvgIpc) is 2.79. The maximum Gasteiger partial charge on any atom is 0.355 e. The predicted octanol–water partition coefficient (Wildman–Crippen LogP) is 3.36. The molecule has 1 aromatic carbocycles. The molecule has 0 atom stereocenters. The van der Waals surface area contributed by atoms with Crippen molar-refractivity contribution >= 4 is 17.3 Å². The molecule has 1 N–H and O–H groups in total. The first-order valence-corrected chi connectivity index (χ1v) is 6.60. The highest BCUT2D eigenvalue weighted by Gasteiger charge is 2.25. The van der Waals surface area contributed by atoms with Gasteiger partial charge in [-0.2, -0.15) is 0 Å². The Balaban J connectivity index is 2.22. The van der Waals surface area contributed by atoms with Gasteiger partial charge in [-0.15, -0.1) is 11.3 Å². The molecule has 0 aliphatic carbocycles. The monoisotopic (exact) mass is 261 g/mol. The maximum atomic E-state index is 10.8. The van der Waals surface area contributed by atoms with E-state index in [0.717, 1.165) is 11.4 Å². The molecule has 0 saturated carbocycles. The van der Waals surface area contributed by atoms with Gasteiger partial charge in [-0.25, -0.2) is 9.78 Å². The van der Waals surface area contributed by atoms with Gasteiger partial charge < -0.3 is 5.11 Å². The number of benzene rings is 1. The highest BCUT2D eigenvalue weighted by molar-refractivity contribution is 7.10. The van der Waals surface area contributed by atoms with Gasteiger partial charge in [0.25, 0.3) is 0 Å². The minimum atomic E-state index is -0.965. The molecule has 0 bridgehead atoms. The van der Waals surface area contributed by atoms with Crippen LogP contribution in [0.3, 0.4) is 0 Å². The van der Waals surface area contributed by atoms with Crippen molar-refractivity contribution in [3.05, 3.63) is 52.0 Å². The van der Waals surface area contributed by atoms with Gasteiger partial charge in [0, 0.05) is 10.8 Å². The molecule has 18 heavy (non-hydrogen) atoms. The summed E-state index contributed by atoms with van der Waals surface area (Å²) >= 11 is 1.41. The van der Waals surface area contributed by atoms with Gasteiger partial charge in [0.15, 0.2) is 5.69 Å². The van der Waals surface area contributed by atoms with Crippen LogP contribution < -0.4 is 0 Å². The molecule has 0 fully saturated rings. The standard InChI is InChI=1S/C14H15NO2S/c1-14(2,8-10-6-4-3-5-7-10)13-15-11(9-18-13)12(16)17/h3-7,9H,8H2,1-2H3,(H,16,17). The van der Waals surface area contributed by atoms with Crippen molar-refractivity contribution in [2.24, 2.45) is 0 Å². The topological polar surface area (TPSA) is 50.2 Å². The lowest BCUT2D eigenvalue weighted by atomic mass is 9.86. The van der Waals surface area contributed by atoms with Crippen LogP contribution in [0.15, 0.2) is 35.7 Å². The number of carboxylic acid groups (broad SMARTS) is 1. The number of thiazole rings is 1. The molecule has 3 nitrogen and oxygen atoms in total. The molecule has 0 unspecified atom stereocenters. The molecule has 0 aliphatic rings. The van der Waals surface area contributed by atoms with Gasteiger partial charge in [-0.1, -0.05) is 44.2 Å². The van der Waals surface area contributed by atoms with Crippen LogP contribution in [0.2, 0.25) is 0 Å². The number of aromatic carboxylic acids is 1. The smallest absolute Gasteiger partial charge is 0.355 e. The largest absolute Gasteiger partial charge is 0.476 e. The minimum Gasteiger partial charge on any atom is -0.476 e. The molecule has 0 saturated heterocycles. The SMILES string of the molecule is CC(C)(Cc1ccccc1)c1nc(C(=O)O)cs1. The number of carbonyl (C=O) groups is 1. The van der Waals surface area contributed by atoms with Gasteiger partial charge in [0.2, 0.25) is 0 Å². The summed E-state index contributed by atoms with van der Waals surface area (Å²) in [7, 11) is 0. The Morgan fingerprint density at radius 3 is 2.56 bits per heavy atom. The third-order valence-electron chi connectivity index (χ3n) is 2.79. The van der Waals surface area contributed by atoms with Gasteiger partial charge in [0.05, 0.1) is 5.01 Å². The lowest BCUT2D eigenvalue weighted by Crippen LogP contribution is -2.20. The van der Waals surface area contributed by atoms with Crippen molar-refractivity contribution < 1.29 is 9.90 Å².